The molecule has 0 spiro atoms. The molecule has 0 saturated carbocycles. The van der Waals surface area contributed by atoms with Crippen molar-refractivity contribution in [2.75, 3.05) is 11.9 Å². The van der Waals surface area contributed by atoms with Gasteiger partial charge in [0.1, 0.15) is 5.76 Å². The lowest BCUT2D eigenvalue weighted by atomic mass is 9.85. The highest BCUT2D eigenvalue weighted by Crippen LogP contribution is 2.23. The van der Waals surface area contributed by atoms with Crippen LogP contribution >= 0.6 is 0 Å². The van der Waals surface area contributed by atoms with Crippen LogP contribution in [-0.4, -0.2) is 12.5 Å². The monoisotopic (exact) mass is 286 g/mol. The first-order valence-electron chi connectivity index (χ1n) is 7.17. The number of carbonyl (C=O) groups excluding carboxylic acids is 1. The van der Waals surface area contributed by atoms with Gasteiger partial charge in [-0.25, -0.2) is 0 Å². The van der Waals surface area contributed by atoms with E-state index in [0.29, 0.717) is 12.3 Å². The molecule has 1 aromatic carbocycles. The van der Waals surface area contributed by atoms with Crippen LogP contribution in [0.5, 0.6) is 0 Å². The molecule has 4 nitrogen and oxygen atoms in total. The number of aryl methyl sites for hydroxylation is 1. The number of carbonyl (C=O) groups is 1. The van der Waals surface area contributed by atoms with Crippen molar-refractivity contribution in [2.24, 2.45) is 5.73 Å². The van der Waals surface area contributed by atoms with E-state index >= 15 is 0 Å². The maximum Gasteiger partial charge on any atom is 0.291 e. The Labute approximate surface area is 125 Å². The van der Waals surface area contributed by atoms with Crippen LogP contribution in [0.2, 0.25) is 0 Å². The summed E-state index contributed by atoms with van der Waals surface area (Å²) in [4.78, 5) is 12.1. The molecule has 1 heterocycles. The number of hydrogen-bond donors (Lipinski definition) is 2. The number of benzene rings is 1. The normalized spacial score (nSPS) is 11.4. The Balaban J connectivity index is 2.08. The fraction of sp³-hybridized carbons (Fsp3) is 0.353. The number of amides is 1. The maximum absolute atomic E-state index is 12.1. The number of nitrogens with one attached hydrogen (secondary N) is 1. The number of hydrogen-bond acceptors (Lipinski definition) is 3. The molecule has 1 aromatic heterocycles. The molecule has 2 aromatic rings. The van der Waals surface area contributed by atoms with E-state index in [1.165, 1.54) is 0 Å². The zero-order valence-electron chi connectivity index (χ0n) is 12.8. The average Bonchev–Trinajstić information content (AvgIpc) is 2.97. The molecule has 0 aliphatic rings. The minimum absolute atomic E-state index is 0.0699. The highest BCUT2D eigenvalue weighted by molar-refractivity contribution is 6.02. The summed E-state index contributed by atoms with van der Waals surface area (Å²) in [5, 5.41) is 2.83. The number of rotatable bonds is 5. The van der Waals surface area contributed by atoms with Gasteiger partial charge in [-0.2, -0.15) is 0 Å². The van der Waals surface area contributed by atoms with E-state index in [4.69, 9.17) is 10.2 Å². The molecule has 0 atom stereocenters. The largest absolute Gasteiger partial charge is 0.456 e. The Morgan fingerprint density at radius 3 is 2.38 bits per heavy atom. The molecular weight excluding hydrogens is 264 g/mol. The van der Waals surface area contributed by atoms with Gasteiger partial charge in [-0.05, 0) is 29.8 Å². The van der Waals surface area contributed by atoms with Gasteiger partial charge in [0.05, 0.1) is 0 Å². The second kappa shape index (κ2) is 6.14. The molecule has 2 rings (SSSR count). The zero-order valence-corrected chi connectivity index (χ0v) is 12.8. The van der Waals surface area contributed by atoms with Crippen LogP contribution in [-0.2, 0) is 11.8 Å². The summed E-state index contributed by atoms with van der Waals surface area (Å²) in [7, 11) is 0. The van der Waals surface area contributed by atoms with Crippen LogP contribution in [0.25, 0.3) is 0 Å². The van der Waals surface area contributed by atoms with Crippen molar-refractivity contribution in [2.45, 2.75) is 32.6 Å². The highest BCUT2D eigenvalue weighted by Gasteiger charge is 2.18. The lowest BCUT2D eigenvalue weighted by Gasteiger charge is -2.23. The third-order valence-corrected chi connectivity index (χ3v) is 3.67. The van der Waals surface area contributed by atoms with Crippen molar-refractivity contribution >= 4 is 11.6 Å². The summed E-state index contributed by atoms with van der Waals surface area (Å²) < 4.78 is 5.43. The SMILES string of the molecule is CCc1ccc(C(=O)Nc2ccc(C(C)(C)CN)cc2)o1. The Hall–Kier alpha value is -2.07. The van der Waals surface area contributed by atoms with Crippen molar-refractivity contribution in [1.29, 1.82) is 0 Å². The summed E-state index contributed by atoms with van der Waals surface area (Å²) >= 11 is 0. The summed E-state index contributed by atoms with van der Waals surface area (Å²) in [6.45, 7) is 6.74. The summed E-state index contributed by atoms with van der Waals surface area (Å²) in [5.74, 6) is 0.902. The standard InChI is InChI=1S/C17H22N2O2/c1-4-14-9-10-15(21-14)16(20)19-13-7-5-12(6-8-13)17(2,3)11-18/h5-10H,4,11,18H2,1-3H3,(H,19,20). The van der Waals surface area contributed by atoms with Gasteiger partial charge in [0.15, 0.2) is 5.76 Å². The molecule has 0 fully saturated rings. The van der Waals surface area contributed by atoms with E-state index < -0.39 is 0 Å². The molecule has 0 bridgehead atoms. The number of furan rings is 1. The van der Waals surface area contributed by atoms with Crippen molar-refractivity contribution in [1.82, 2.24) is 0 Å². The van der Waals surface area contributed by atoms with Gasteiger partial charge >= 0.3 is 0 Å². The van der Waals surface area contributed by atoms with Crippen molar-refractivity contribution in [3.63, 3.8) is 0 Å². The molecule has 1 amide bonds. The van der Waals surface area contributed by atoms with Gasteiger partial charge < -0.3 is 15.5 Å². The molecule has 0 saturated heterocycles. The summed E-state index contributed by atoms with van der Waals surface area (Å²) in [5.41, 5.74) is 7.59. The van der Waals surface area contributed by atoms with Crippen molar-refractivity contribution < 1.29 is 9.21 Å². The van der Waals surface area contributed by atoms with E-state index in [9.17, 15) is 4.79 Å². The molecule has 0 unspecified atom stereocenters. The maximum atomic E-state index is 12.1. The topological polar surface area (TPSA) is 68.3 Å². The van der Waals surface area contributed by atoms with Crippen molar-refractivity contribution in [3.05, 3.63) is 53.5 Å². The third kappa shape index (κ3) is 3.52. The minimum atomic E-state index is -0.236. The smallest absolute Gasteiger partial charge is 0.291 e. The average molecular weight is 286 g/mol. The molecule has 4 heteroatoms. The van der Waals surface area contributed by atoms with E-state index in [2.05, 4.69) is 19.2 Å². The highest BCUT2D eigenvalue weighted by atomic mass is 16.3. The minimum Gasteiger partial charge on any atom is -0.456 e. The molecular formula is C17H22N2O2. The summed E-state index contributed by atoms with van der Waals surface area (Å²) in [6.07, 6.45) is 0.774. The van der Waals surface area contributed by atoms with Crippen LogP contribution in [0.15, 0.2) is 40.8 Å². The van der Waals surface area contributed by atoms with E-state index in [1.807, 2.05) is 37.3 Å². The first kappa shape index (κ1) is 15.3. The Morgan fingerprint density at radius 2 is 1.86 bits per heavy atom. The predicted octanol–water partition coefficient (Wildman–Crippen LogP) is 3.33. The third-order valence-electron chi connectivity index (χ3n) is 3.67. The van der Waals surface area contributed by atoms with Gasteiger partial charge in [-0.3, -0.25) is 4.79 Å². The first-order valence-corrected chi connectivity index (χ1v) is 7.17. The second-order valence-corrected chi connectivity index (χ2v) is 5.74. The molecule has 0 aliphatic heterocycles. The van der Waals surface area contributed by atoms with Gasteiger partial charge in [0, 0.05) is 24.1 Å². The first-order chi connectivity index (χ1) is 9.96. The lowest BCUT2D eigenvalue weighted by Crippen LogP contribution is -2.27. The van der Waals surface area contributed by atoms with E-state index in [-0.39, 0.29) is 11.3 Å². The molecule has 0 radical (unpaired) electrons. The Bertz CT molecular complexity index is 612. The Kier molecular flexibility index (Phi) is 4.48. The fourth-order valence-corrected chi connectivity index (χ4v) is 2.01. The van der Waals surface area contributed by atoms with E-state index in [0.717, 1.165) is 23.4 Å². The quantitative estimate of drug-likeness (QED) is 0.885. The molecule has 112 valence electrons. The summed E-state index contributed by atoms with van der Waals surface area (Å²) in [6, 6.07) is 11.3. The van der Waals surface area contributed by atoms with Crippen LogP contribution in [0.4, 0.5) is 5.69 Å². The van der Waals surface area contributed by atoms with Crippen molar-refractivity contribution in [3.8, 4) is 0 Å². The van der Waals surface area contributed by atoms with E-state index in [1.54, 1.807) is 6.07 Å². The van der Waals surface area contributed by atoms with Crippen LogP contribution in [0.3, 0.4) is 0 Å². The predicted molar refractivity (Wildman–Crippen MR) is 84.6 cm³/mol. The van der Waals surface area contributed by atoms with Gasteiger partial charge in [-0.15, -0.1) is 0 Å². The number of nitrogens with two attached hydrogens (primary N) is 1. The second-order valence-electron chi connectivity index (χ2n) is 5.74. The molecule has 0 aliphatic carbocycles. The Morgan fingerprint density at radius 1 is 1.19 bits per heavy atom. The molecule has 21 heavy (non-hydrogen) atoms. The van der Waals surface area contributed by atoms with Gasteiger partial charge in [-0.1, -0.05) is 32.9 Å². The van der Waals surface area contributed by atoms with Crippen LogP contribution in [0, 0.1) is 0 Å². The number of anilines is 1. The van der Waals surface area contributed by atoms with Crippen LogP contribution in [0.1, 0.15) is 42.6 Å². The fourth-order valence-electron chi connectivity index (χ4n) is 2.01. The lowest BCUT2D eigenvalue weighted by molar-refractivity contribution is 0.0995. The molecule has 3 N–H and O–H groups in total. The van der Waals surface area contributed by atoms with Gasteiger partial charge in [0.25, 0.3) is 5.91 Å². The van der Waals surface area contributed by atoms with Gasteiger partial charge in [0.2, 0.25) is 0 Å². The van der Waals surface area contributed by atoms with Crippen LogP contribution < -0.4 is 11.1 Å². The zero-order chi connectivity index (χ0) is 15.5.